The third kappa shape index (κ3) is 4.04. The van der Waals surface area contributed by atoms with Gasteiger partial charge in [0.2, 0.25) is 10.0 Å². The first-order valence-corrected chi connectivity index (χ1v) is 7.44. The van der Waals surface area contributed by atoms with E-state index in [9.17, 15) is 13.2 Å². The summed E-state index contributed by atoms with van der Waals surface area (Å²) in [4.78, 5) is 11.0. The third-order valence-corrected chi connectivity index (χ3v) is 4.94. The number of carboxylic acid groups (broad SMARTS) is 1. The second-order valence-electron chi connectivity index (χ2n) is 5.22. The number of nitrogens with one attached hydrogen (secondary N) is 1. The molecule has 0 aliphatic rings. The highest BCUT2D eigenvalue weighted by molar-refractivity contribution is 7.90. The van der Waals surface area contributed by atoms with Gasteiger partial charge >= 0.3 is 5.97 Å². The van der Waals surface area contributed by atoms with E-state index in [2.05, 4.69) is 4.72 Å². The van der Waals surface area contributed by atoms with Gasteiger partial charge in [-0.15, -0.1) is 0 Å². The summed E-state index contributed by atoms with van der Waals surface area (Å²) in [6.45, 7) is 5.02. The van der Waals surface area contributed by atoms with E-state index in [1.54, 1.807) is 39.0 Å². The maximum Gasteiger partial charge on any atom is 0.335 e. The van der Waals surface area contributed by atoms with E-state index >= 15 is 0 Å². The molecule has 0 amide bonds. The van der Waals surface area contributed by atoms with Crippen molar-refractivity contribution < 1.29 is 18.3 Å². The molecule has 0 saturated carbocycles. The van der Waals surface area contributed by atoms with E-state index in [0.29, 0.717) is 12.0 Å². The molecule has 0 heterocycles. The Bertz CT molecular complexity index is 558. The van der Waals surface area contributed by atoms with Crippen LogP contribution >= 0.6 is 0 Å². The predicted molar refractivity (Wildman–Crippen MR) is 73.8 cm³/mol. The van der Waals surface area contributed by atoms with E-state index in [1.807, 2.05) is 0 Å². The van der Waals surface area contributed by atoms with Gasteiger partial charge in [-0.3, -0.25) is 0 Å². The van der Waals surface area contributed by atoms with Gasteiger partial charge in [-0.2, -0.15) is 0 Å². The molecule has 0 unspecified atom stereocenters. The molecule has 2 N–H and O–H groups in total. The van der Waals surface area contributed by atoms with Gasteiger partial charge in [-0.1, -0.05) is 18.2 Å². The Hall–Kier alpha value is -1.40. The maximum absolute atomic E-state index is 11.8. The van der Waals surface area contributed by atoms with Crippen molar-refractivity contribution in [3.63, 3.8) is 0 Å². The lowest BCUT2D eigenvalue weighted by molar-refractivity contribution is 0.0695. The smallest absolute Gasteiger partial charge is 0.335 e. The minimum absolute atomic E-state index is 0.184. The predicted octanol–water partition coefficient (Wildman–Crippen LogP) is 1.65. The molecule has 1 aromatic rings. The van der Waals surface area contributed by atoms with Gasteiger partial charge in [0.1, 0.15) is 0 Å². The second kappa shape index (κ2) is 5.71. The van der Waals surface area contributed by atoms with Crippen molar-refractivity contribution in [1.82, 2.24) is 4.72 Å². The van der Waals surface area contributed by atoms with Crippen molar-refractivity contribution in [3.8, 4) is 0 Å². The molecule has 0 saturated heterocycles. The molecule has 0 spiro atoms. The number of rotatable bonds is 5. The lowest BCUT2D eigenvalue weighted by atomic mass is 10.1. The highest BCUT2D eigenvalue weighted by atomic mass is 32.2. The number of carbonyl (C=O) groups is 1. The van der Waals surface area contributed by atoms with Gasteiger partial charge in [0, 0.05) is 6.54 Å². The molecule has 106 valence electrons. The van der Waals surface area contributed by atoms with E-state index < -0.39 is 20.7 Å². The summed E-state index contributed by atoms with van der Waals surface area (Å²) >= 11 is 0. The zero-order chi connectivity index (χ0) is 14.7. The van der Waals surface area contributed by atoms with Crippen LogP contribution in [0.3, 0.4) is 0 Å². The number of sulfonamides is 1. The standard InChI is InChI=1S/C13H19NO4S/c1-13(2,3)19(17,18)14-9-8-10-6-4-5-7-11(10)12(15)16/h4-7,14H,8-9H2,1-3H3,(H,15,16). The Morgan fingerprint density at radius 2 is 1.84 bits per heavy atom. The fourth-order valence-electron chi connectivity index (χ4n) is 1.48. The Morgan fingerprint density at radius 1 is 1.26 bits per heavy atom. The molecule has 0 fully saturated rings. The molecule has 19 heavy (non-hydrogen) atoms. The van der Waals surface area contributed by atoms with Crippen LogP contribution in [0.2, 0.25) is 0 Å². The Kier molecular flexibility index (Phi) is 4.70. The number of benzene rings is 1. The van der Waals surface area contributed by atoms with Crippen LogP contribution in [0.25, 0.3) is 0 Å². The van der Waals surface area contributed by atoms with E-state index in [-0.39, 0.29) is 12.1 Å². The fourth-order valence-corrected chi connectivity index (χ4v) is 2.29. The maximum atomic E-state index is 11.8. The average Bonchev–Trinajstić information content (AvgIpc) is 2.27. The van der Waals surface area contributed by atoms with E-state index in [0.717, 1.165) is 0 Å². The van der Waals surface area contributed by atoms with Crippen LogP contribution < -0.4 is 4.72 Å². The van der Waals surface area contributed by atoms with Gasteiger partial charge in [0.25, 0.3) is 0 Å². The molecule has 0 radical (unpaired) electrons. The summed E-state index contributed by atoms with van der Waals surface area (Å²) in [7, 11) is -3.40. The molecular formula is C13H19NO4S. The van der Waals surface area contributed by atoms with Crippen LogP contribution in [0.5, 0.6) is 0 Å². The van der Waals surface area contributed by atoms with Gasteiger partial charge in [-0.25, -0.2) is 17.9 Å². The van der Waals surface area contributed by atoms with Gasteiger partial charge in [0.15, 0.2) is 0 Å². The Morgan fingerprint density at radius 3 is 2.37 bits per heavy atom. The number of carboxylic acids is 1. The van der Waals surface area contributed by atoms with Gasteiger partial charge in [-0.05, 0) is 38.8 Å². The summed E-state index contributed by atoms with van der Waals surface area (Å²) in [6, 6.07) is 6.58. The van der Waals surface area contributed by atoms with E-state index in [1.165, 1.54) is 6.07 Å². The van der Waals surface area contributed by atoms with Crippen LogP contribution in [-0.4, -0.2) is 30.8 Å². The lowest BCUT2D eigenvalue weighted by Gasteiger charge is -2.19. The second-order valence-corrected chi connectivity index (χ2v) is 7.74. The van der Waals surface area contributed by atoms with Crippen molar-refractivity contribution in [3.05, 3.63) is 35.4 Å². The highest BCUT2D eigenvalue weighted by Crippen LogP contribution is 2.14. The normalized spacial score (nSPS) is 12.4. The first-order valence-electron chi connectivity index (χ1n) is 5.95. The number of hydrogen-bond donors (Lipinski definition) is 2. The minimum Gasteiger partial charge on any atom is -0.478 e. The first-order chi connectivity index (χ1) is 8.65. The Labute approximate surface area is 113 Å². The minimum atomic E-state index is -3.40. The van der Waals surface area contributed by atoms with Gasteiger partial charge in [0.05, 0.1) is 10.3 Å². The van der Waals surface area contributed by atoms with Gasteiger partial charge < -0.3 is 5.11 Å². The van der Waals surface area contributed by atoms with Crippen molar-refractivity contribution in [1.29, 1.82) is 0 Å². The SMILES string of the molecule is CC(C)(C)S(=O)(=O)NCCc1ccccc1C(=O)O. The summed E-state index contributed by atoms with van der Waals surface area (Å²) in [5.41, 5.74) is 0.823. The van der Waals surface area contributed by atoms with Crippen molar-refractivity contribution >= 4 is 16.0 Å². The Balaban J connectivity index is 2.72. The molecule has 5 nitrogen and oxygen atoms in total. The zero-order valence-electron chi connectivity index (χ0n) is 11.3. The van der Waals surface area contributed by atoms with E-state index in [4.69, 9.17) is 5.11 Å². The molecular weight excluding hydrogens is 266 g/mol. The lowest BCUT2D eigenvalue weighted by Crippen LogP contribution is -2.40. The average molecular weight is 285 g/mol. The van der Waals surface area contributed by atoms with Crippen LogP contribution in [-0.2, 0) is 16.4 Å². The molecule has 6 heteroatoms. The third-order valence-electron chi connectivity index (χ3n) is 2.74. The van der Waals surface area contributed by atoms with Crippen molar-refractivity contribution in [2.45, 2.75) is 31.9 Å². The fraction of sp³-hybridized carbons (Fsp3) is 0.462. The number of aromatic carboxylic acids is 1. The van der Waals surface area contributed by atoms with Crippen molar-refractivity contribution in [2.24, 2.45) is 0 Å². The molecule has 0 bridgehead atoms. The molecule has 1 rings (SSSR count). The van der Waals surface area contributed by atoms with Crippen LogP contribution in [0.4, 0.5) is 0 Å². The number of hydrogen-bond acceptors (Lipinski definition) is 3. The first kappa shape index (κ1) is 15.7. The molecule has 0 aliphatic heterocycles. The highest BCUT2D eigenvalue weighted by Gasteiger charge is 2.28. The summed E-state index contributed by atoms with van der Waals surface area (Å²) in [5.74, 6) is -1.01. The van der Waals surface area contributed by atoms with Crippen LogP contribution in [0.15, 0.2) is 24.3 Å². The topological polar surface area (TPSA) is 83.5 Å². The summed E-state index contributed by atoms with van der Waals surface area (Å²) < 4.78 is 25.3. The zero-order valence-corrected chi connectivity index (χ0v) is 12.1. The summed E-state index contributed by atoms with van der Waals surface area (Å²) in [6.07, 6.45) is 0.345. The van der Waals surface area contributed by atoms with Crippen molar-refractivity contribution in [2.75, 3.05) is 6.54 Å². The van der Waals surface area contributed by atoms with Crippen LogP contribution in [0.1, 0.15) is 36.7 Å². The largest absolute Gasteiger partial charge is 0.478 e. The molecule has 0 aliphatic carbocycles. The molecule has 0 atom stereocenters. The molecule has 1 aromatic carbocycles. The quantitative estimate of drug-likeness (QED) is 0.861. The summed E-state index contributed by atoms with van der Waals surface area (Å²) in [5, 5.41) is 9.02. The molecule has 0 aromatic heterocycles. The van der Waals surface area contributed by atoms with Crippen LogP contribution in [0, 0.1) is 0 Å². The monoisotopic (exact) mass is 285 g/mol.